The molecule has 0 fully saturated rings. The van der Waals surface area contributed by atoms with Crippen LogP contribution in [0.5, 0.6) is 0 Å². The molecule has 0 aliphatic carbocycles. The number of nitrogen functional groups attached to an aromatic ring is 1. The Balaban J connectivity index is 2.05. The summed E-state index contributed by atoms with van der Waals surface area (Å²) in [5.41, 5.74) is 4.97. The van der Waals surface area contributed by atoms with E-state index < -0.39 is 10.8 Å². The maximum absolute atomic E-state index is 11.9. The van der Waals surface area contributed by atoms with Gasteiger partial charge in [-0.2, -0.15) is 0 Å². The molecule has 0 aromatic carbocycles. The van der Waals surface area contributed by atoms with Gasteiger partial charge in [0.05, 0.1) is 11.3 Å². The molecule has 2 aromatic heterocycles. The highest BCUT2D eigenvalue weighted by Gasteiger charge is 2.20. The Kier molecular flexibility index (Phi) is 3.89. The van der Waals surface area contributed by atoms with E-state index in [0.717, 1.165) is 6.20 Å². The van der Waals surface area contributed by atoms with Gasteiger partial charge in [0.15, 0.2) is 0 Å². The number of carbonyl (C=O) groups excluding carboxylic acids is 1. The number of hydrogen-bond acceptors (Lipinski definition) is 6. The van der Waals surface area contributed by atoms with Gasteiger partial charge in [-0.3, -0.25) is 14.9 Å². The van der Waals surface area contributed by atoms with Crippen LogP contribution in [0.4, 0.5) is 11.5 Å². The number of carbonyl (C=O) groups is 1. The normalized spacial score (nSPS) is 10.2. The predicted molar refractivity (Wildman–Crippen MR) is 69.9 cm³/mol. The molecule has 9 nitrogen and oxygen atoms in total. The number of rotatable bonds is 5. The van der Waals surface area contributed by atoms with Gasteiger partial charge in [-0.15, -0.1) is 0 Å². The van der Waals surface area contributed by atoms with Gasteiger partial charge in [-0.05, 0) is 6.07 Å². The summed E-state index contributed by atoms with van der Waals surface area (Å²) in [7, 11) is 0. The van der Waals surface area contributed by atoms with Crippen molar-refractivity contribution in [3.8, 4) is 0 Å². The van der Waals surface area contributed by atoms with E-state index in [2.05, 4.69) is 15.3 Å². The van der Waals surface area contributed by atoms with E-state index >= 15 is 0 Å². The zero-order valence-electron chi connectivity index (χ0n) is 10.4. The molecule has 2 rings (SSSR count). The van der Waals surface area contributed by atoms with Crippen LogP contribution in [0.2, 0.25) is 0 Å². The number of amides is 1. The molecule has 0 saturated heterocycles. The molecule has 2 aromatic rings. The SMILES string of the molecule is Nc1cc(C(=O)NCCn2ccnc2)c([N+](=O)[O-])cn1. The van der Waals surface area contributed by atoms with E-state index in [-0.39, 0.29) is 17.1 Å². The van der Waals surface area contributed by atoms with Gasteiger partial charge in [-0.1, -0.05) is 0 Å². The second kappa shape index (κ2) is 5.78. The quantitative estimate of drug-likeness (QED) is 0.592. The van der Waals surface area contributed by atoms with E-state index in [4.69, 9.17) is 5.73 Å². The fraction of sp³-hybridized carbons (Fsp3) is 0.182. The molecule has 3 N–H and O–H groups in total. The zero-order chi connectivity index (χ0) is 14.5. The molecule has 0 radical (unpaired) electrons. The number of nitrogens with one attached hydrogen (secondary N) is 1. The average molecular weight is 276 g/mol. The molecule has 0 bridgehead atoms. The van der Waals surface area contributed by atoms with Crippen LogP contribution in [-0.2, 0) is 6.54 Å². The molecule has 0 spiro atoms. The number of anilines is 1. The van der Waals surface area contributed by atoms with Crippen molar-refractivity contribution in [2.75, 3.05) is 12.3 Å². The minimum absolute atomic E-state index is 0.0513. The van der Waals surface area contributed by atoms with Gasteiger partial charge in [-0.25, -0.2) is 9.97 Å². The average Bonchev–Trinajstić information content (AvgIpc) is 2.91. The molecule has 2 heterocycles. The summed E-state index contributed by atoms with van der Waals surface area (Å²) < 4.78 is 1.77. The van der Waals surface area contributed by atoms with Crippen LogP contribution in [0, 0.1) is 10.1 Å². The number of pyridine rings is 1. The molecule has 0 aliphatic heterocycles. The van der Waals surface area contributed by atoms with Crippen LogP contribution in [0.25, 0.3) is 0 Å². The van der Waals surface area contributed by atoms with Gasteiger partial charge < -0.3 is 15.6 Å². The minimum Gasteiger partial charge on any atom is -0.384 e. The third kappa shape index (κ3) is 3.07. The first-order valence-corrected chi connectivity index (χ1v) is 5.72. The number of nitro groups is 1. The maximum atomic E-state index is 11.9. The number of aromatic nitrogens is 3. The number of nitrogens with two attached hydrogens (primary N) is 1. The van der Waals surface area contributed by atoms with Crippen molar-refractivity contribution in [3.05, 3.63) is 46.7 Å². The number of nitrogens with zero attached hydrogens (tertiary/aromatic N) is 4. The van der Waals surface area contributed by atoms with Gasteiger partial charge in [0.25, 0.3) is 11.6 Å². The Hall–Kier alpha value is -2.97. The highest BCUT2D eigenvalue weighted by molar-refractivity contribution is 5.98. The van der Waals surface area contributed by atoms with Crippen molar-refractivity contribution < 1.29 is 9.72 Å². The molecule has 0 atom stereocenters. The van der Waals surface area contributed by atoms with E-state index in [1.54, 1.807) is 23.3 Å². The largest absolute Gasteiger partial charge is 0.384 e. The summed E-state index contributed by atoms with van der Waals surface area (Å²) in [5.74, 6) is -0.513. The number of hydrogen-bond donors (Lipinski definition) is 2. The lowest BCUT2D eigenvalue weighted by Crippen LogP contribution is -2.27. The van der Waals surface area contributed by atoms with Crippen molar-refractivity contribution in [2.24, 2.45) is 0 Å². The van der Waals surface area contributed by atoms with Crippen LogP contribution < -0.4 is 11.1 Å². The molecule has 0 aliphatic rings. The summed E-state index contributed by atoms with van der Waals surface area (Å²) in [6.45, 7) is 0.828. The van der Waals surface area contributed by atoms with Crippen LogP contribution in [0.15, 0.2) is 31.0 Å². The monoisotopic (exact) mass is 276 g/mol. The van der Waals surface area contributed by atoms with Gasteiger partial charge >= 0.3 is 0 Å². The van der Waals surface area contributed by atoms with E-state index in [1.807, 2.05) is 0 Å². The fourth-order valence-electron chi connectivity index (χ4n) is 1.60. The van der Waals surface area contributed by atoms with Crippen molar-refractivity contribution in [3.63, 3.8) is 0 Å². The molecule has 9 heteroatoms. The second-order valence-electron chi connectivity index (χ2n) is 3.94. The Bertz CT molecular complexity index is 625. The van der Waals surface area contributed by atoms with Crippen molar-refractivity contribution in [1.82, 2.24) is 19.9 Å². The van der Waals surface area contributed by atoms with Crippen LogP contribution >= 0.6 is 0 Å². The van der Waals surface area contributed by atoms with Crippen LogP contribution in [0.1, 0.15) is 10.4 Å². The van der Waals surface area contributed by atoms with Gasteiger partial charge in [0.2, 0.25) is 0 Å². The lowest BCUT2D eigenvalue weighted by atomic mass is 10.2. The smallest absolute Gasteiger partial charge is 0.300 e. The van der Waals surface area contributed by atoms with Crippen LogP contribution in [0.3, 0.4) is 0 Å². The first-order valence-electron chi connectivity index (χ1n) is 5.72. The first kappa shape index (κ1) is 13.5. The van der Waals surface area contributed by atoms with E-state index in [9.17, 15) is 14.9 Å². The Morgan fingerprint density at radius 2 is 2.35 bits per heavy atom. The zero-order valence-corrected chi connectivity index (χ0v) is 10.4. The van der Waals surface area contributed by atoms with Crippen LogP contribution in [-0.4, -0.2) is 31.9 Å². The van der Waals surface area contributed by atoms with E-state index in [0.29, 0.717) is 13.1 Å². The topological polar surface area (TPSA) is 129 Å². The van der Waals surface area contributed by atoms with Crippen molar-refractivity contribution >= 4 is 17.4 Å². The molecular weight excluding hydrogens is 264 g/mol. The number of imidazole rings is 1. The maximum Gasteiger partial charge on any atom is 0.300 e. The molecule has 0 unspecified atom stereocenters. The molecule has 0 saturated carbocycles. The van der Waals surface area contributed by atoms with E-state index in [1.165, 1.54) is 6.07 Å². The minimum atomic E-state index is -0.669. The third-order valence-electron chi connectivity index (χ3n) is 2.56. The van der Waals surface area contributed by atoms with Gasteiger partial charge in [0.1, 0.15) is 17.6 Å². The first-order chi connectivity index (χ1) is 9.58. The summed E-state index contributed by atoms with van der Waals surface area (Å²) in [6, 6.07) is 1.19. The highest BCUT2D eigenvalue weighted by atomic mass is 16.6. The standard InChI is InChI=1S/C11H12N6O3/c12-10-5-8(9(6-15-10)17(19)20)11(18)14-2-4-16-3-1-13-7-16/h1,3,5-7H,2,4H2,(H2,12,15)(H,14,18). The molecule has 20 heavy (non-hydrogen) atoms. The van der Waals surface area contributed by atoms with Crippen molar-refractivity contribution in [2.45, 2.75) is 6.54 Å². The Morgan fingerprint density at radius 1 is 1.55 bits per heavy atom. The molecule has 104 valence electrons. The highest BCUT2D eigenvalue weighted by Crippen LogP contribution is 2.18. The Labute approximate surface area is 113 Å². The molecular formula is C11H12N6O3. The molecule has 1 amide bonds. The fourth-order valence-corrected chi connectivity index (χ4v) is 1.60. The lowest BCUT2D eigenvalue weighted by molar-refractivity contribution is -0.385. The third-order valence-corrected chi connectivity index (χ3v) is 2.56. The van der Waals surface area contributed by atoms with Gasteiger partial charge in [0, 0.05) is 25.5 Å². The predicted octanol–water partition coefficient (Wildman–Crippen LogP) is 0.198. The summed E-state index contributed by atoms with van der Waals surface area (Å²) in [6.07, 6.45) is 5.95. The Morgan fingerprint density at radius 3 is 3.00 bits per heavy atom. The lowest BCUT2D eigenvalue weighted by Gasteiger charge is -2.06. The summed E-state index contributed by atoms with van der Waals surface area (Å²) >= 11 is 0. The van der Waals surface area contributed by atoms with Crippen molar-refractivity contribution in [1.29, 1.82) is 0 Å². The summed E-state index contributed by atoms with van der Waals surface area (Å²) in [4.78, 5) is 29.6. The summed E-state index contributed by atoms with van der Waals surface area (Å²) in [5, 5.41) is 13.4. The second-order valence-corrected chi connectivity index (χ2v) is 3.94.